The third-order valence-corrected chi connectivity index (χ3v) is 2.31. The molecule has 0 amide bonds. The van der Waals surface area contributed by atoms with E-state index in [-0.39, 0.29) is 0 Å². The maximum Gasteiger partial charge on any atom is 0.188 e. The highest BCUT2D eigenvalue weighted by Gasteiger charge is 2.06. The summed E-state index contributed by atoms with van der Waals surface area (Å²) in [5, 5.41) is 0. The topological polar surface area (TPSA) is 66.0 Å². The molecule has 1 atom stereocenters. The number of aromatic nitrogens is 2. The van der Waals surface area contributed by atoms with Crippen molar-refractivity contribution in [3.8, 4) is 0 Å². The second kappa shape index (κ2) is 2.69. The van der Waals surface area contributed by atoms with Crippen LogP contribution in [-0.2, 0) is 11.1 Å². The standard InChI is InChI=1S/C7H6N2O2S/c10-12(11)6-3-1-2-5-7(6)9-4-8-5/h1-4H,(H,8,9)(H,10,11). The zero-order valence-corrected chi connectivity index (χ0v) is 6.84. The van der Waals surface area contributed by atoms with Gasteiger partial charge in [0, 0.05) is 0 Å². The number of imidazole rings is 1. The summed E-state index contributed by atoms with van der Waals surface area (Å²) in [4.78, 5) is 7.13. The third kappa shape index (κ3) is 1.03. The van der Waals surface area contributed by atoms with Gasteiger partial charge in [-0.05, 0) is 12.1 Å². The number of H-pyrrole nitrogens is 1. The molecule has 0 radical (unpaired) electrons. The highest BCUT2D eigenvalue weighted by molar-refractivity contribution is 7.79. The fourth-order valence-corrected chi connectivity index (χ4v) is 1.60. The van der Waals surface area contributed by atoms with E-state index in [4.69, 9.17) is 4.55 Å². The lowest BCUT2D eigenvalue weighted by atomic mass is 10.3. The van der Waals surface area contributed by atoms with Crippen LogP contribution >= 0.6 is 0 Å². The molecule has 5 heteroatoms. The van der Waals surface area contributed by atoms with Gasteiger partial charge in [-0.3, -0.25) is 0 Å². The van der Waals surface area contributed by atoms with E-state index in [1.807, 2.05) is 0 Å². The van der Waals surface area contributed by atoms with Gasteiger partial charge in [0.15, 0.2) is 11.1 Å². The Bertz CT molecular complexity index is 438. The van der Waals surface area contributed by atoms with Gasteiger partial charge in [0.2, 0.25) is 0 Å². The van der Waals surface area contributed by atoms with Crippen LogP contribution in [0.5, 0.6) is 0 Å². The number of hydrogen-bond donors (Lipinski definition) is 2. The van der Waals surface area contributed by atoms with Gasteiger partial charge in [-0.2, -0.15) is 0 Å². The number of hydrogen-bond acceptors (Lipinski definition) is 2. The van der Waals surface area contributed by atoms with E-state index >= 15 is 0 Å². The van der Waals surface area contributed by atoms with Crippen molar-refractivity contribution >= 4 is 22.1 Å². The molecule has 0 aliphatic rings. The summed E-state index contributed by atoms with van der Waals surface area (Å²) in [7, 11) is 0. The molecule has 2 N–H and O–H groups in total. The maximum absolute atomic E-state index is 10.8. The zero-order chi connectivity index (χ0) is 8.55. The zero-order valence-electron chi connectivity index (χ0n) is 6.02. The number of nitrogens with one attached hydrogen (secondary N) is 1. The van der Waals surface area contributed by atoms with Crippen molar-refractivity contribution in [1.82, 2.24) is 9.97 Å². The van der Waals surface area contributed by atoms with Gasteiger partial charge in [-0.25, -0.2) is 9.19 Å². The third-order valence-electron chi connectivity index (χ3n) is 1.60. The molecule has 2 rings (SSSR count). The van der Waals surface area contributed by atoms with Crippen molar-refractivity contribution in [3.05, 3.63) is 24.5 Å². The van der Waals surface area contributed by atoms with Crippen LogP contribution in [0.25, 0.3) is 11.0 Å². The summed E-state index contributed by atoms with van der Waals surface area (Å²) in [5.74, 6) is 0. The fourth-order valence-electron chi connectivity index (χ4n) is 1.08. The summed E-state index contributed by atoms with van der Waals surface area (Å²) in [6.07, 6.45) is 1.50. The quantitative estimate of drug-likeness (QED) is 0.650. The largest absolute Gasteiger partial charge is 0.345 e. The first-order valence-electron chi connectivity index (χ1n) is 3.32. The van der Waals surface area contributed by atoms with Crippen LogP contribution in [0.15, 0.2) is 29.4 Å². The van der Waals surface area contributed by atoms with Gasteiger partial charge in [0.05, 0.1) is 16.7 Å². The number of para-hydroxylation sites is 1. The Hall–Kier alpha value is -1.20. The molecule has 2 aromatic rings. The molecule has 0 saturated heterocycles. The van der Waals surface area contributed by atoms with E-state index in [2.05, 4.69) is 9.97 Å². The lowest BCUT2D eigenvalue weighted by molar-refractivity contribution is 0.565. The summed E-state index contributed by atoms with van der Waals surface area (Å²) < 4.78 is 19.6. The molecule has 1 unspecified atom stereocenters. The average molecular weight is 182 g/mol. The second-order valence-corrected chi connectivity index (χ2v) is 3.24. The summed E-state index contributed by atoms with van der Waals surface area (Å²) in [6.45, 7) is 0. The molecule has 0 saturated carbocycles. The molecule has 0 aliphatic heterocycles. The van der Waals surface area contributed by atoms with Crippen molar-refractivity contribution in [1.29, 1.82) is 0 Å². The van der Waals surface area contributed by atoms with Crippen molar-refractivity contribution in [3.63, 3.8) is 0 Å². The van der Waals surface area contributed by atoms with Crippen LogP contribution in [0.4, 0.5) is 0 Å². The molecule has 1 aromatic carbocycles. The summed E-state index contributed by atoms with van der Waals surface area (Å²) in [6, 6.07) is 5.10. The lowest BCUT2D eigenvalue weighted by Gasteiger charge is -1.94. The van der Waals surface area contributed by atoms with E-state index in [1.165, 1.54) is 6.33 Å². The Kier molecular flexibility index (Phi) is 1.67. The molecule has 1 heterocycles. The van der Waals surface area contributed by atoms with Crippen LogP contribution < -0.4 is 0 Å². The number of benzene rings is 1. The normalized spacial score (nSPS) is 13.4. The molecule has 12 heavy (non-hydrogen) atoms. The highest BCUT2D eigenvalue weighted by atomic mass is 32.2. The van der Waals surface area contributed by atoms with Crippen molar-refractivity contribution in [2.45, 2.75) is 4.90 Å². The highest BCUT2D eigenvalue weighted by Crippen LogP contribution is 2.16. The van der Waals surface area contributed by atoms with Crippen LogP contribution in [0.3, 0.4) is 0 Å². The first-order valence-corrected chi connectivity index (χ1v) is 4.42. The molecule has 0 spiro atoms. The number of rotatable bonds is 1. The van der Waals surface area contributed by atoms with Gasteiger partial charge < -0.3 is 9.54 Å². The number of aromatic amines is 1. The monoisotopic (exact) mass is 182 g/mol. The fraction of sp³-hybridized carbons (Fsp3) is 0. The maximum atomic E-state index is 10.8. The minimum atomic E-state index is -1.96. The van der Waals surface area contributed by atoms with Gasteiger partial charge in [-0.15, -0.1) is 0 Å². The predicted octanol–water partition coefficient (Wildman–Crippen LogP) is 1.14. The minimum absolute atomic E-state index is 0.341. The Morgan fingerprint density at radius 1 is 1.50 bits per heavy atom. The van der Waals surface area contributed by atoms with E-state index in [1.54, 1.807) is 18.2 Å². The van der Waals surface area contributed by atoms with Crippen LogP contribution in [0.1, 0.15) is 0 Å². The predicted molar refractivity (Wildman–Crippen MR) is 45.1 cm³/mol. The molecule has 4 nitrogen and oxygen atoms in total. The molecular weight excluding hydrogens is 176 g/mol. The van der Waals surface area contributed by atoms with E-state index in [0.29, 0.717) is 10.4 Å². The van der Waals surface area contributed by atoms with Gasteiger partial charge >= 0.3 is 0 Å². The Labute approximate surface area is 70.9 Å². The first kappa shape index (κ1) is 7.45. The van der Waals surface area contributed by atoms with Crippen LogP contribution in [0, 0.1) is 0 Å². The number of nitrogens with zero attached hydrogens (tertiary/aromatic N) is 1. The Morgan fingerprint density at radius 3 is 3.08 bits per heavy atom. The second-order valence-electron chi connectivity index (χ2n) is 2.30. The van der Waals surface area contributed by atoms with Gasteiger partial charge in [0.1, 0.15) is 5.52 Å². The smallest absolute Gasteiger partial charge is 0.188 e. The minimum Gasteiger partial charge on any atom is -0.345 e. The average Bonchev–Trinajstić information content (AvgIpc) is 2.49. The van der Waals surface area contributed by atoms with E-state index in [0.717, 1.165) is 5.52 Å². The van der Waals surface area contributed by atoms with Crippen molar-refractivity contribution in [2.24, 2.45) is 0 Å². The lowest BCUT2D eigenvalue weighted by Crippen LogP contribution is -1.88. The van der Waals surface area contributed by atoms with E-state index in [9.17, 15) is 4.21 Å². The number of fused-ring (bicyclic) bond motifs is 1. The SMILES string of the molecule is O=S(O)c1cccc2[nH]cnc12. The van der Waals surface area contributed by atoms with Crippen LogP contribution in [0.2, 0.25) is 0 Å². The first-order chi connectivity index (χ1) is 5.79. The van der Waals surface area contributed by atoms with Crippen molar-refractivity contribution in [2.75, 3.05) is 0 Å². The summed E-state index contributed by atoms with van der Waals surface area (Å²) >= 11 is -1.96. The molecule has 62 valence electrons. The molecule has 1 aromatic heterocycles. The molecule has 0 aliphatic carbocycles. The Morgan fingerprint density at radius 2 is 2.33 bits per heavy atom. The van der Waals surface area contributed by atoms with Crippen LogP contribution in [-0.4, -0.2) is 18.7 Å². The summed E-state index contributed by atoms with van der Waals surface area (Å²) in [5.41, 5.74) is 1.33. The Balaban J connectivity index is 2.82. The van der Waals surface area contributed by atoms with Crippen molar-refractivity contribution < 1.29 is 8.76 Å². The molecule has 0 bridgehead atoms. The van der Waals surface area contributed by atoms with Gasteiger partial charge in [0.25, 0.3) is 0 Å². The van der Waals surface area contributed by atoms with E-state index < -0.39 is 11.1 Å². The molecule has 0 fully saturated rings. The van der Waals surface area contributed by atoms with Gasteiger partial charge in [-0.1, -0.05) is 6.07 Å². The molecular formula is C7H6N2O2S.